The molecule has 9 heteroatoms. The highest BCUT2D eigenvalue weighted by molar-refractivity contribution is 6.06. The van der Waals surface area contributed by atoms with Crippen molar-refractivity contribution in [2.45, 2.75) is 13.5 Å². The molecule has 0 saturated carbocycles. The first-order chi connectivity index (χ1) is 12.0. The molecule has 3 heterocycles. The topological polar surface area (TPSA) is 104 Å². The van der Waals surface area contributed by atoms with Gasteiger partial charge in [0.2, 0.25) is 0 Å². The van der Waals surface area contributed by atoms with Crippen molar-refractivity contribution in [2.24, 2.45) is 7.05 Å². The van der Waals surface area contributed by atoms with Crippen molar-refractivity contribution in [3.05, 3.63) is 53.5 Å². The Labute approximate surface area is 143 Å². The van der Waals surface area contributed by atoms with Crippen LogP contribution in [0.3, 0.4) is 0 Å². The number of carbonyl (C=O) groups is 2. The fourth-order valence-corrected chi connectivity index (χ4v) is 2.45. The van der Waals surface area contributed by atoms with Gasteiger partial charge >= 0.3 is 5.97 Å². The van der Waals surface area contributed by atoms with Crippen molar-refractivity contribution in [2.75, 3.05) is 12.4 Å². The summed E-state index contributed by atoms with van der Waals surface area (Å²) in [5, 5.41) is 10.9. The Morgan fingerprint density at radius 3 is 2.84 bits per heavy atom. The summed E-state index contributed by atoms with van der Waals surface area (Å²) in [6, 6.07) is 5.07. The van der Waals surface area contributed by atoms with Crippen molar-refractivity contribution in [1.29, 1.82) is 0 Å². The van der Waals surface area contributed by atoms with E-state index in [9.17, 15) is 9.59 Å². The highest BCUT2D eigenvalue weighted by Gasteiger charge is 2.23. The number of nitrogens with one attached hydrogen (secondary N) is 1. The van der Waals surface area contributed by atoms with E-state index in [4.69, 9.17) is 9.15 Å². The zero-order valence-corrected chi connectivity index (χ0v) is 14.0. The molecule has 0 spiro atoms. The number of hydrogen-bond acceptors (Lipinski definition) is 6. The second-order valence-corrected chi connectivity index (χ2v) is 5.35. The summed E-state index contributed by atoms with van der Waals surface area (Å²) in [5.41, 5.74) is 0.959. The van der Waals surface area contributed by atoms with Gasteiger partial charge in [-0.05, 0) is 25.1 Å². The van der Waals surface area contributed by atoms with Crippen LogP contribution >= 0.6 is 0 Å². The predicted octanol–water partition coefficient (Wildman–Crippen LogP) is 1.61. The van der Waals surface area contributed by atoms with Gasteiger partial charge in [0.15, 0.2) is 11.5 Å². The first-order valence-corrected chi connectivity index (χ1v) is 7.49. The number of anilines is 1. The molecule has 0 aliphatic rings. The minimum absolute atomic E-state index is 0.126. The van der Waals surface area contributed by atoms with E-state index in [1.165, 1.54) is 11.8 Å². The molecule has 3 aromatic heterocycles. The van der Waals surface area contributed by atoms with E-state index >= 15 is 0 Å². The molecule has 3 aromatic rings. The molecule has 0 radical (unpaired) electrons. The Morgan fingerprint density at radius 1 is 1.36 bits per heavy atom. The first kappa shape index (κ1) is 16.5. The maximum absolute atomic E-state index is 12.4. The van der Waals surface area contributed by atoms with Crippen LogP contribution in [-0.4, -0.2) is 38.5 Å². The summed E-state index contributed by atoms with van der Waals surface area (Å²) in [7, 11) is 2.87. The molecule has 0 atom stereocenters. The average Bonchev–Trinajstić information content (AvgIpc) is 3.30. The molecule has 9 nitrogen and oxygen atoms in total. The highest BCUT2D eigenvalue weighted by atomic mass is 16.5. The molecule has 3 rings (SSSR count). The Morgan fingerprint density at radius 2 is 2.16 bits per heavy atom. The third-order valence-electron chi connectivity index (χ3n) is 3.60. The molecular formula is C16H17N5O4. The lowest BCUT2D eigenvalue weighted by Crippen LogP contribution is -2.16. The zero-order chi connectivity index (χ0) is 18.0. The van der Waals surface area contributed by atoms with Gasteiger partial charge in [0, 0.05) is 19.4 Å². The number of ether oxygens (including phenoxy) is 1. The number of carbonyl (C=O) groups excluding carboxylic acids is 2. The smallest absolute Gasteiger partial charge is 0.358 e. The predicted molar refractivity (Wildman–Crippen MR) is 87.3 cm³/mol. The van der Waals surface area contributed by atoms with Crippen molar-refractivity contribution < 1.29 is 18.7 Å². The SMILES string of the molecule is COC(=O)c1c(NC(=O)c2ccc(Cn3cccn3)o2)c(C)nn1C. The average molecular weight is 343 g/mol. The van der Waals surface area contributed by atoms with Gasteiger partial charge < -0.3 is 14.5 Å². The van der Waals surface area contributed by atoms with Crippen LogP contribution in [0.2, 0.25) is 0 Å². The number of furan rings is 1. The Kier molecular flexibility index (Phi) is 4.38. The maximum atomic E-state index is 12.4. The van der Waals surface area contributed by atoms with Crippen molar-refractivity contribution in [3.63, 3.8) is 0 Å². The molecule has 130 valence electrons. The quantitative estimate of drug-likeness (QED) is 0.706. The highest BCUT2D eigenvalue weighted by Crippen LogP contribution is 2.22. The Bertz CT molecular complexity index is 907. The Balaban J connectivity index is 1.79. The van der Waals surface area contributed by atoms with E-state index in [0.29, 0.717) is 23.7 Å². The zero-order valence-electron chi connectivity index (χ0n) is 14.0. The second kappa shape index (κ2) is 6.63. The third-order valence-corrected chi connectivity index (χ3v) is 3.60. The molecule has 0 saturated heterocycles. The van der Waals surface area contributed by atoms with Crippen molar-refractivity contribution in [1.82, 2.24) is 19.6 Å². The second-order valence-electron chi connectivity index (χ2n) is 5.35. The normalized spacial score (nSPS) is 10.7. The van der Waals surface area contributed by atoms with E-state index in [1.807, 2.05) is 0 Å². The maximum Gasteiger partial charge on any atom is 0.358 e. The summed E-state index contributed by atoms with van der Waals surface area (Å²) in [6.45, 7) is 2.10. The number of amides is 1. The van der Waals surface area contributed by atoms with Crippen LogP contribution in [0.5, 0.6) is 0 Å². The van der Waals surface area contributed by atoms with E-state index in [0.717, 1.165) is 0 Å². The molecule has 0 aliphatic heterocycles. The van der Waals surface area contributed by atoms with Gasteiger partial charge in [-0.3, -0.25) is 14.2 Å². The van der Waals surface area contributed by atoms with E-state index in [-0.39, 0.29) is 11.5 Å². The number of nitrogens with zero attached hydrogens (tertiary/aromatic N) is 4. The lowest BCUT2D eigenvalue weighted by Gasteiger charge is -2.06. The first-order valence-electron chi connectivity index (χ1n) is 7.49. The lowest BCUT2D eigenvalue weighted by molar-refractivity contribution is 0.0589. The van der Waals surface area contributed by atoms with Gasteiger partial charge in [-0.2, -0.15) is 10.2 Å². The van der Waals surface area contributed by atoms with Crippen molar-refractivity contribution in [3.8, 4) is 0 Å². The molecular weight excluding hydrogens is 326 g/mol. The van der Waals surface area contributed by atoms with Gasteiger partial charge in [-0.25, -0.2) is 4.79 Å². The lowest BCUT2D eigenvalue weighted by atomic mass is 10.3. The number of aryl methyl sites for hydroxylation is 2. The molecule has 1 amide bonds. The van der Waals surface area contributed by atoms with Crippen LogP contribution in [-0.2, 0) is 18.3 Å². The number of hydrogen-bond donors (Lipinski definition) is 1. The monoisotopic (exact) mass is 343 g/mol. The van der Waals surface area contributed by atoms with E-state index in [1.54, 1.807) is 49.2 Å². The summed E-state index contributed by atoms with van der Waals surface area (Å²) in [5.74, 6) is -0.351. The summed E-state index contributed by atoms with van der Waals surface area (Å²) in [4.78, 5) is 24.3. The number of methoxy groups -OCH3 is 1. The minimum atomic E-state index is -0.586. The molecule has 1 N–H and O–H groups in total. The molecule has 0 unspecified atom stereocenters. The third kappa shape index (κ3) is 3.30. The number of rotatable bonds is 5. The molecule has 0 bridgehead atoms. The van der Waals surface area contributed by atoms with Gasteiger partial charge in [0.25, 0.3) is 5.91 Å². The summed E-state index contributed by atoms with van der Waals surface area (Å²) in [6.07, 6.45) is 3.46. The number of esters is 1. The van der Waals surface area contributed by atoms with Crippen LogP contribution in [0.4, 0.5) is 5.69 Å². The van der Waals surface area contributed by atoms with Gasteiger partial charge in [0.05, 0.1) is 25.0 Å². The molecule has 0 aromatic carbocycles. The van der Waals surface area contributed by atoms with Crippen LogP contribution in [0.25, 0.3) is 0 Å². The summed E-state index contributed by atoms with van der Waals surface area (Å²) >= 11 is 0. The van der Waals surface area contributed by atoms with Crippen molar-refractivity contribution >= 4 is 17.6 Å². The molecule has 0 fully saturated rings. The summed E-state index contributed by atoms with van der Waals surface area (Å²) < 4.78 is 13.3. The van der Waals surface area contributed by atoms with Crippen LogP contribution in [0, 0.1) is 6.92 Å². The van der Waals surface area contributed by atoms with Crippen LogP contribution < -0.4 is 5.32 Å². The van der Waals surface area contributed by atoms with Gasteiger partial charge in [-0.1, -0.05) is 0 Å². The van der Waals surface area contributed by atoms with Gasteiger partial charge in [-0.15, -0.1) is 0 Å². The number of aromatic nitrogens is 4. The van der Waals surface area contributed by atoms with Crippen LogP contribution in [0.1, 0.15) is 32.5 Å². The minimum Gasteiger partial charge on any atom is -0.464 e. The fourth-order valence-electron chi connectivity index (χ4n) is 2.45. The van der Waals surface area contributed by atoms with Crippen LogP contribution in [0.15, 0.2) is 35.0 Å². The molecule has 25 heavy (non-hydrogen) atoms. The largest absolute Gasteiger partial charge is 0.464 e. The Hall–Kier alpha value is -3.36. The van der Waals surface area contributed by atoms with E-state index in [2.05, 4.69) is 15.5 Å². The fraction of sp³-hybridized carbons (Fsp3) is 0.250. The van der Waals surface area contributed by atoms with E-state index < -0.39 is 11.9 Å². The molecule has 0 aliphatic carbocycles. The standard InChI is InChI=1S/C16H17N5O4/c1-10-13(14(16(23)24-3)20(2)19-10)18-15(22)12-6-5-11(25-12)9-21-8-4-7-17-21/h4-8H,9H2,1-3H3,(H,18,22). The van der Waals surface area contributed by atoms with Gasteiger partial charge in [0.1, 0.15) is 5.76 Å².